The lowest BCUT2D eigenvalue weighted by Gasteiger charge is -2.30. The van der Waals surface area contributed by atoms with Crippen LogP contribution in [0.2, 0.25) is 0 Å². The van der Waals surface area contributed by atoms with Crippen molar-refractivity contribution >= 4 is 0 Å². The van der Waals surface area contributed by atoms with Crippen molar-refractivity contribution in [1.82, 2.24) is 0 Å². The monoisotopic (exact) mass is 250 g/mol. The molecule has 0 spiro atoms. The molecule has 1 aromatic carbocycles. The Labute approximate surface area is 111 Å². The molecule has 0 aromatic heterocycles. The smallest absolute Gasteiger partial charge is 0.0891 e. The van der Waals surface area contributed by atoms with Crippen molar-refractivity contribution in [3.63, 3.8) is 0 Å². The summed E-state index contributed by atoms with van der Waals surface area (Å²) in [5, 5.41) is 21.1. The average Bonchev–Trinajstić information content (AvgIpc) is 2.45. The molecule has 0 heterocycles. The number of hydrogen-bond acceptors (Lipinski definition) is 2. The normalized spacial score (nSPS) is 12.8. The topological polar surface area (TPSA) is 40.5 Å². The molecule has 0 saturated heterocycles. The Morgan fingerprint density at radius 3 is 1.39 bits per heavy atom. The molecule has 0 aliphatic heterocycles. The molecule has 2 N–H and O–H groups in total. The third kappa shape index (κ3) is 2.76. The molecule has 0 aliphatic rings. The van der Waals surface area contributed by atoms with Crippen LogP contribution in [0.25, 0.3) is 0 Å². The molecular weight excluding hydrogens is 224 g/mol. The Morgan fingerprint density at radius 1 is 0.778 bits per heavy atom. The highest BCUT2D eigenvalue weighted by molar-refractivity contribution is 5.31. The first kappa shape index (κ1) is 15.2. The van der Waals surface area contributed by atoms with Crippen molar-refractivity contribution in [2.24, 2.45) is 0 Å². The van der Waals surface area contributed by atoms with Crippen LogP contribution in [0.4, 0.5) is 0 Å². The SMILES string of the molecule is CCC(O)(CC)c1cccc(C(O)(CC)CC)c1. The van der Waals surface area contributed by atoms with Crippen LogP contribution in [0.3, 0.4) is 0 Å². The Hall–Kier alpha value is -0.860. The summed E-state index contributed by atoms with van der Waals surface area (Å²) in [6.45, 7) is 7.95. The van der Waals surface area contributed by atoms with Crippen LogP contribution in [0.5, 0.6) is 0 Å². The van der Waals surface area contributed by atoms with Gasteiger partial charge in [0.25, 0.3) is 0 Å². The zero-order chi connectivity index (χ0) is 13.8. The van der Waals surface area contributed by atoms with Crippen LogP contribution >= 0.6 is 0 Å². The number of benzene rings is 1. The van der Waals surface area contributed by atoms with E-state index in [0.29, 0.717) is 25.7 Å². The predicted octanol–water partition coefficient (Wildman–Crippen LogP) is 3.70. The van der Waals surface area contributed by atoms with E-state index < -0.39 is 11.2 Å². The Kier molecular flexibility index (Phi) is 4.94. The lowest BCUT2D eigenvalue weighted by molar-refractivity contribution is 0.0217. The van der Waals surface area contributed by atoms with Gasteiger partial charge in [0.1, 0.15) is 0 Å². The van der Waals surface area contributed by atoms with Gasteiger partial charge in [0.2, 0.25) is 0 Å². The summed E-state index contributed by atoms with van der Waals surface area (Å²) < 4.78 is 0. The molecule has 2 nitrogen and oxygen atoms in total. The molecule has 0 fully saturated rings. The lowest BCUT2D eigenvalue weighted by atomic mass is 9.83. The summed E-state index contributed by atoms with van der Waals surface area (Å²) in [5.74, 6) is 0. The van der Waals surface area contributed by atoms with E-state index in [1.165, 1.54) is 0 Å². The van der Waals surface area contributed by atoms with Gasteiger partial charge in [0.15, 0.2) is 0 Å². The minimum absolute atomic E-state index is 0.684. The van der Waals surface area contributed by atoms with Crippen molar-refractivity contribution in [3.05, 3.63) is 35.4 Å². The van der Waals surface area contributed by atoms with Crippen molar-refractivity contribution in [1.29, 1.82) is 0 Å². The largest absolute Gasteiger partial charge is 0.385 e. The van der Waals surface area contributed by atoms with Gasteiger partial charge >= 0.3 is 0 Å². The van der Waals surface area contributed by atoms with Gasteiger partial charge in [0.05, 0.1) is 11.2 Å². The number of aliphatic hydroxyl groups is 2. The Morgan fingerprint density at radius 2 is 1.11 bits per heavy atom. The summed E-state index contributed by atoms with van der Waals surface area (Å²) in [6.07, 6.45) is 2.74. The number of rotatable bonds is 6. The molecule has 0 unspecified atom stereocenters. The molecule has 2 heteroatoms. The van der Waals surface area contributed by atoms with Gasteiger partial charge in [-0.2, -0.15) is 0 Å². The van der Waals surface area contributed by atoms with Crippen LogP contribution in [0.1, 0.15) is 64.5 Å². The molecule has 0 amide bonds. The maximum atomic E-state index is 10.6. The third-order valence-electron chi connectivity index (χ3n) is 4.28. The second kappa shape index (κ2) is 5.85. The van der Waals surface area contributed by atoms with E-state index in [1.807, 2.05) is 52.0 Å². The van der Waals surface area contributed by atoms with Gasteiger partial charge in [-0.15, -0.1) is 0 Å². The Balaban J connectivity index is 3.21. The van der Waals surface area contributed by atoms with Crippen LogP contribution in [-0.2, 0) is 11.2 Å². The lowest BCUT2D eigenvalue weighted by Crippen LogP contribution is -2.27. The van der Waals surface area contributed by atoms with E-state index in [1.54, 1.807) is 0 Å². The second-order valence-electron chi connectivity index (χ2n) is 5.06. The molecule has 18 heavy (non-hydrogen) atoms. The van der Waals surface area contributed by atoms with Crippen molar-refractivity contribution in [2.45, 2.75) is 64.6 Å². The molecular formula is C16H26O2. The molecule has 0 radical (unpaired) electrons. The van der Waals surface area contributed by atoms with Crippen LogP contribution < -0.4 is 0 Å². The molecule has 0 atom stereocenters. The average molecular weight is 250 g/mol. The van der Waals surface area contributed by atoms with Crippen molar-refractivity contribution < 1.29 is 10.2 Å². The summed E-state index contributed by atoms with van der Waals surface area (Å²) in [6, 6.07) is 7.78. The predicted molar refractivity (Wildman–Crippen MR) is 75.4 cm³/mol. The van der Waals surface area contributed by atoms with Crippen molar-refractivity contribution in [3.8, 4) is 0 Å². The zero-order valence-corrected chi connectivity index (χ0v) is 12.0. The molecule has 0 bridgehead atoms. The number of hydrogen-bond donors (Lipinski definition) is 2. The second-order valence-corrected chi connectivity index (χ2v) is 5.06. The molecule has 0 aliphatic carbocycles. The highest BCUT2D eigenvalue weighted by Crippen LogP contribution is 2.34. The van der Waals surface area contributed by atoms with Crippen molar-refractivity contribution in [2.75, 3.05) is 0 Å². The van der Waals surface area contributed by atoms with E-state index in [0.717, 1.165) is 11.1 Å². The van der Waals surface area contributed by atoms with E-state index in [-0.39, 0.29) is 0 Å². The van der Waals surface area contributed by atoms with E-state index in [9.17, 15) is 10.2 Å². The van der Waals surface area contributed by atoms with E-state index in [2.05, 4.69) is 0 Å². The highest BCUT2D eigenvalue weighted by Gasteiger charge is 2.29. The minimum Gasteiger partial charge on any atom is -0.385 e. The van der Waals surface area contributed by atoms with Gasteiger partial charge < -0.3 is 10.2 Å². The molecule has 0 saturated carbocycles. The van der Waals surface area contributed by atoms with Gasteiger partial charge in [0, 0.05) is 0 Å². The van der Waals surface area contributed by atoms with Gasteiger partial charge in [-0.3, -0.25) is 0 Å². The zero-order valence-electron chi connectivity index (χ0n) is 12.0. The standard InChI is InChI=1S/C16H26O2/c1-5-15(17,6-2)13-10-9-11-14(12-13)16(18,7-3)8-4/h9-12,17-18H,5-8H2,1-4H3. The summed E-state index contributed by atoms with van der Waals surface area (Å²) in [4.78, 5) is 0. The minimum atomic E-state index is -0.779. The summed E-state index contributed by atoms with van der Waals surface area (Å²) in [5.41, 5.74) is 0.257. The van der Waals surface area contributed by atoms with Crippen LogP contribution in [0.15, 0.2) is 24.3 Å². The first-order valence-electron chi connectivity index (χ1n) is 7.01. The first-order chi connectivity index (χ1) is 8.45. The molecule has 1 aromatic rings. The van der Waals surface area contributed by atoms with Gasteiger partial charge in [-0.1, -0.05) is 52.0 Å². The quantitative estimate of drug-likeness (QED) is 0.808. The third-order valence-corrected chi connectivity index (χ3v) is 4.28. The summed E-state index contributed by atoms with van der Waals surface area (Å²) in [7, 11) is 0. The van der Waals surface area contributed by atoms with E-state index >= 15 is 0 Å². The fourth-order valence-corrected chi connectivity index (χ4v) is 2.41. The van der Waals surface area contributed by atoms with Gasteiger partial charge in [-0.05, 0) is 36.8 Å². The van der Waals surface area contributed by atoms with Crippen LogP contribution in [-0.4, -0.2) is 10.2 Å². The molecule has 102 valence electrons. The van der Waals surface area contributed by atoms with E-state index in [4.69, 9.17) is 0 Å². The maximum Gasteiger partial charge on any atom is 0.0891 e. The molecule has 1 rings (SSSR count). The fraction of sp³-hybridized carbons (Fsp3) is 0.625. The van der Waals surface area contributed by atoms with Crippen LogP contribution in [0, 0.1) is 0 Å². The Bertz CT molecular complexity index is 343. The maximum absolute atomic E-state index is 10.6. The summed E-state index contributed by atoms with van der Waals surface area (Å²) >= 11 is 0. The van der Waals surface area contributed by atoms with Gasteiger partial charge in [-0.25, -0.2) is 0 Å². The highest BCUT2D eigenvalue weighted by atomic mass is 16.3. The fourth-order valence-electron chi connectivity index (χ4n) is 2.41. The first-order valence-corrected chi connectivity index (χ1v) is 7.01.